The molecule has 1 heterocycles. The standard InChI is InChI=1S/C16H32N2O3/c1-12(8-10-19)17-13(2)14-7-6-9-18(11-14)15(20)21-16(3,4)5/h12-14,17,19H,6-11H2,1-5H3. The van der Waals surface area contributed by atoms with E-state index in [2.05, 4.69) is 19.2 Å². The number of ether oxygens (including phenoxy) is 1. The molecule has 3 unspecified atom stereocenters. The van der Waals surface area contributed by atoms with Gasteiger partial charge in [-0.05, 0) is 59.8 Å². The van der Waals surface area contributed by atoms with E-state index in [0.29, 0.717) is 18.0 Å². The van der Waals surface area contributed by atoms with Crippen LogP contribution in [-0.4, -0.2) is 53.5 Å². The number of aliphatic hydroxyl groups is 1. The van der Waals surface area contributed by atoms with Gasteiger partial charge in [-0.15, -0.1) is 0 Å². The minimum atomic E-state index is -0.441. The van der Waals surface area contributed by atoms with Gasteiger partial charge in [-0.1, -0.05) is 0 Å². The van der Waals surface area contributed by atoms with Crippen LogP contribution >= 0.6 is 0 Å². The summed E-state index contributed by atoms with van der Waals surface area (Å²) < 4.78 is 5.46. The average Bonchev–Trinajstić information content (AvgIpc) is 2.37. The van der Waals surface area contributed by atoms with Gasteiger partial charge in [0.1, 0.15) is 5.60 Å². The van der Waals surface area contributed by atoms with Crippen molar-refractivity contribution in [1.82, 2.24) is 10.2 Å². The molecule has 1 fully saturated rings. The first kappa shape index (κ1) is 18.2. The molecular formula is C16H32N2O3. The Kier molecular flexibility index (Phi) is 6.94. The SMILES string of the molecule is CC(CCO)NC(C)C1CCCN(C(=O)OC(C)(C)C)C1. The van der Waals surface area contributed by atoms with Gasteiger partial charge < -0.3 is 20.1 Å². The van der Waals surface area contributed by atoms with Crippen molar-refractivity contribution in [2.75, 3.05) is 19.7 Å². The third kappa shape index (κ3) is 6.66. The number of nitrogens with one attached hydrogen (secondary N) is 1. The normalized spacial score (nSPS) is 22.8. The molecule has 2 N–H and O–H groups in total. The lowest BCUT2D eigenvalue weighted by Gasteiger charge is -2.37. The number of piperidine rings is 1. The van der Waals surface area contributed by atoms with Crippen LogP contribution in [-0.2, 0) is 4.74 Å². The van der Waals surface area contributed by atoms with E-state index in [1.54, 1.807) is 0 Å². The maximum atomic E-state index is 12.2. The van der Waals surface area contributed by atoms with Crippen molar-refractivity contribution < 1.29 is 14.6 Å². The molecule has 1 aliphatic heterocycles. The first-order valence-corrected chi connectivity index (χ1v) is 8.07. The van der Waals surface area contributed by atoms with E-state index in [1.165, 1.54) is 0 Å². The van der Waals surface area contributed by atoms with Crippen molar-refractivity contribution >= 4 is 6.09 Å². The molecule has 5 heteroatoms. The fourth-order valence-corrected chi connectivity index (χ4v) is 2.77. The van der Waals surface area contributed by atoms with Gasteiger partial charge in [0.15, 0.2) is 0 Å². The van der Waals surface area contributed by atoms with Gasteiger partial charge in [0, 0.05) is 31.8 Å². The number of rotatable bonds is 5. The molecular weight excluding hydrogens is 268 g/mol. The Hall–Kier alpha value is -0.810. The van der Waals surface area contributed by atoms with E-state index < -0.39 is 5.60 Å². The van der Waals surface area contributed by atoms with E-state index in [4.69, 9.17) is 9.84 Å². The zero-order chi connectivity index (χ0) is 16.0. The van der Waals surface area contributed by atoms with Gasteiger partial charge >= 0.3 is 6.09 Å². The highest BCUT2D eigenvalue weighted by Gasteiger charge is 2.30. The van der Waals surface area contributed by atoms with Crippen molar-refractivity contribution in [3.05, 3.63) is 0 Å². The molecule has 0 spiro atoms. The van der Waals surface area contributed by atoms with Crippen LogP contribution in [0.4, 0.5) is 4.79 Å². The summed E-state index contributed by atoms with van der Waals surface area (Å²) in [5.41, 5.74) is -0.441. The molecule has 0 aliphatic carbocycles. The van der Waals surface area contributed by atoms with Crippen LogP contribution in [0.15, 0.2) is 0 Å². The monoisotopic (exact) mass is 300 g/mol. The molecule has 1 amide bonds. The Balaban J connectivity index is 2.49. The van der Waals surface area contributed by atoms with Crippen molar-refractivity contribution in [3.63, 3.8) is 0 Å². The van der Waals surface area contributed by atoms with Crippen LogP contribution in [0.1, 0.15) is 53.9 Å². The summed E-state index contributed by atoms with van der Waals surface area (Å²) in [6.07, 6.45) is 2.69. The first-order chi connectivity index (χ1) is 9.73. The van der Waals surface area contributed by atoms with E-state index in [-0.39, 0.29) is 12.7 Å². The summed E-state index contributed by atoms with van der Waals surface area (Å²) in [6.45, 7) is 11.7. The van der Waals surface area contributed by atoms with E-state index in [0.717, 1.165) is 32.4 Å². The number of carbonyl (C=O) groups is 1. The number of hydrogen-bond donors (Lipinski definition) is 2. The topological polar surface area (TPSA) is 61.8 Å². The lowest BCUT2D eigenvalue weighted by atomic mass is 9.91. The Bertz CT molecular complexity index is 328. The lowest BCUT2D eigenvalue weighted by molar-refractivity contribution is 0.0146. The van der Waals surface area contributed by atoms with Crippen LogP contribution < -0.4 is 5.32 Å². The van der Waals surface area contributed by atoms with Crippen LogP contribution in [0, 0.1) is 5.92 Å². The predicted octanol–water partition coefficient (Wildman–Crippen LogP) is 2.38. The highest BCUT2D eigenvalue weighted by atomic mass is 16.6. The van der Waals surface area contributed by atoms with Crippen LogP contribution in [0.2, 0.25) is 0 Å². The average molecular weight is 300 g/mol. The highest BCUT2D eigenvalue weighted by Crippen LogP contribution is 2.22. The third-order valence-corrected chi connectivity index (χ3v) is 3.93. The molecule has 124 valence electrons. The van der Waals surface area contributed by atoms with Crippen molar-refractivity contribution in [3.8, 4) is 0 Å². The molecule has 5 nitrogen and oxygen atoms in total. The third-order valence-electron chi connectivity index (χ3n) is 3.93. The van der Waals surface area contributed by atoms with Crippen molar-refractivity contribution in [2.45, 2.75) is 71.6 Å². The molecule has 0 aromatic rings. The number of hydrogen-bond acceptors (Lipinski definition) is 4. The van der Waals surface area contributed by atoms with Crippen molar-refractivity contribution in [2.24, 2.45) is 5.92 Å². The molecule has 0 bridgehead atoms. The summed E-state index contributed by atoms with van der Waals surface area (Å²) >= 11 is 0. The summed E-state index contributed by atoms with van der Waals surface area (Å²) in [4.78, 5) is 14.0. The lowest BCUT2D eigenvalue weighted by Crippen LogP contribution is -2.49. The van der Waals surface area contributed by atoms with Crippen molar-refractivity contribution in [1.29, 1.82) is 0 Å². The van der Waals surface area contributed by atoms with E-state index in [9.17, 15) is 4.79 Å². The van der Waals surface area contributed by atoms with Crippen LogP contribution in [0.3, 0.4) is 0 Å². The Morgan fingerprint density at radius 1 is 1.43 bits per heavy atom. The largest absolute Gasteiger partial charge is 0.444 e. The van der Waals surface area contributed by atoms with Gasteiger partial charge in [0.25, 0.3) is 0 Å². The van der Waals surface area contributed by atoms with Gasteiger partial charge in [-0.3, -0.25) is 0 Å². The minimum Gasteiger partial charge on any atom is -0.444 e. The first-order valence-electron chi connectivity index (χ1n) is 8.07. The summed E-state index contributed by atoms with van der Waals surface area (Å²) in [5.74, 6) is 0.437. The fourth-order valence-electron chi connectivity index (χ4n) is 2.77. The van der Waals surface area contributed by atoms with Crippen LogP contribution in [0.25, 0.3) is 0 Å². The van der Waals surface area contributed by atoms with Gasteiger partial charge in [0.2, 0.25) is 0 Å². The Labute approximate surface area is 129 Å². The number of amides is 1. The second kappa shape index (κ2) is 7.99. The van der Waals surface area contributed by atoms with E-state index >= 15 is 0 Å². The zero-order valence-electron chi connectivity index (χ0n) is 14.2. The van der Waals surface area contributed by atoms with Gasteiger partial charge in [-0.2, -0.15) is 0 Å². The molecule has 21 heavy (non-hydrogen) atoms. The highest BCUT2D eigenvalue weighted by molar-refractivity contribution is 5.68. The zero-order valence-corrected chi connectivity index (χ0v) is 14.2. The molecule has 3 atom stereocenters. The Morgan fingerprint density at radius 2 is 2.10 bits per heavy atom. The van der Waals surface area contributed by atoms with Gasteiger partial charge in [0.05, 0.1) is 0 Å². The maximum absolute atomic E-state index is 12.2. The summed E-state index contributed by atoms with van der Waals surface area (Å²) in [5, 5.41) is 12.5. The predicted molar refractivity (Wildman–Crippen MR) is 84.3 cm³/mol. The summed E-state index contributed by atoms with van der Waals surface area (Å²) in [7, 11) is 0. The second-order valence-corrected chi connectivity index (χ2v) is 7.20. The molecule has 0 radical (unpaired) electrons. The number of nitrogens with zero attached hydrogens (tertiary/aromatic N) is 1. The molecule has 1 rings (SSSR count). The molecule has 0 aromatic carbocycles. The minimum absolute atomic E-state index is 0.204. The molecule has 1 saturated heterocycles. The molecule has 0 aromatic heterocycles. The fraction of sp³-hybridized carbons (Fsp3) is 0.938. The number of aliphatic hydroxyl groups excluding tert-OH is 1. The smallest absolute Gasteiger partial charge is 0.410 e. The summed E-state index contributed by atoms with van der Waals surface area (Å²) in [6, 6.07) is 0.624. The van der Waals surface area contributed by atoms with Crippen LogP contribution in [0.5, 0.6) is 0 Å². The Morgan fingerprint density at radius 3 is 2.67 bits per heavy atom. The number of carbonyl (C=O) groups excluding carboxylic acids is 1. The second-order valence-electron chi connectivity index (χ2n) is 7.20. The molecule has 1 aliphatic rings. The van der Waals surface area contributed by atoms with Gasteiger partial charge in [-0.25, -0.2) is 4.79 Å². The molecule has 0 saturated carbocycles. The maximum Gasteiger partial charge on any atom is 0.410 e. The number of likely N-dealkylation sites (tertiary alicyclic amines) is 1. The van der Waals surface area contributed by atoms with E-state index in [1.807, 2.05) is 25.7 Å². The quantitative estimate of drug-likeness (QED) is 0.818.